The van der Waals surface area contributed by atoms with E-state index in [-0.39, 0.29) is 17.5 Å². The lowest BCUT2D eigenvalue weighted by molar-refractivity contribution is 0.541. The van der Waals surface area contributed by atoms with Crippen molar-refractivity contribution in [2.24, 2.45) is 0 Å². The average Bonchev–Trinajstić information content (AvgIpc) is 2.30. The quantitative estimate of drug-likeness (QED) is 0.839. The lowest BCUT2D eigenvalue weighted by Gasteiger charge is -2.12. The molecule has 18 heavy (non-hydrogen) atoms. The Balaban J connectivity index is 2.52. The van der Waals surface area contributed by atoms with Crippen LogP contribution in [0.15, 0.2) is 24.3 Å². The number of sulfone groups is 1. The summed E-state index contributed by atoms with van der Waals surface area (Å²) in [7, 11) is -3.04. The lowest BCUT2D eigenvalue weighted by atomic mass is 10.2. The van der Waals surface area contributed by atoms with Gasteiger partial charge in [-0.2, -0.15) is 0 Å². The minimum Gasteiger partial charge on any atom is -0.314 e. The van der Waals surface area contributed by atoms with Crippen molar-refractivity contribution in [3.05, 3.63) is 34.9 Å². The molecule has 0 saturated carbocycles. The zero-order valence-corrected chi connectivity index (χ0v) is 12.4. The number of benzene rings is 1. The number of hydrogen-bond donors (Lipinski definition) is 1. The summed E-state index contributed by atoms with van der Waals surface area (Å²) in [6, 6.07) is 7.18. The number of hydrogen-bond acceptors (Lipinski definition) is 3. The first-order valence-electron chi connectivity index (χ1n) is 6.11. The van der Waals surface area contributed by atoms with Crippen LogP contribution in [0.5, 0.6) is 0 Å². The molecule has 0 aromatic heterocycles. The summed E-state index contributed by atoms with van der Waals surface area (Å²) in [4.78, 5) is 0. The van der Waals surface area contributed by atoms with Gasteiger partial charge in [0.05, 0.1) is 11.5 Å². The maximum Gasteiger partial charge on any atom is 0.154 e. The van der Waals surface area contributed by atoms with Crippen LogP contribution in [-0.4, -0.2) is 26.8 Å². The predicted octanol–water partition coefficient (Wildman–Crippen LogP) is 2.64. The van der Waals surface area contributed by atoms with E-state index in [4.69, 9.17) is 11.6 Å². The first-order chi connectivity index (χ1) is 8.43. The van der Waals surface area contributed by atoms with Gasteiger partial charge in [-0.05, 0) is 37.6 Å². The van der Waals surface area contributed by atoms with Crippen LogP contribution in [0, 0.1) is 0 Å². The second-order valence-corrected chi connectivity index (χ2v) is 7.09. The normalized spacial score (nSPS) is 13.5. The SMILES string of the molecule is CCNC(C)CCS(=O)(=O)Cc1ccc(Cl)cc1. The van der Waals surface area contributed by atoms with Gasteiger partial charge in [0.1, 0.15) is 0 Å². The monoisotopic (exact) mass is 289 g/mol. The maximum absolute atomic E-state index is 11.9. The van der Waals surface area contributed by atoms with Crippen molar-refractivity contribution < 1.29 is 8.42 Å². The molecular formula is C13H20ClNO2S. The van der Waals surface area contributed by atoms with Crippen molar-refractivity contribution in [3.8, 4) is 0 Å². The van der Waals surface area contributed by atoms with E-state index in [0.717, 1.165) is 12.1 Å². The third kappa shape index (κ3) is 5.85. The number of halogens is 1. The fraction of sp³-hybridized carbons (Fsp3) is 0.538. The highest BCUT2D eigenvalue weighted by atomic mass is 35.5. The van der Waals surface area contributed by atoms with E-state index in [0.29, 0.717) is 11.4 Å². The number of nitrogens with one attached hydrogen (secondary N) is 1. The molecule has 0 spiro atoms. The standard InChI is InChI=1S/C13H20ClNO2S/c1-3-15-11(2)8-9-18(16,17)10-12-4-6-13(14)7-5-12/h4-7,11,15H,3,8-10H2,1-2H3. The molecule has 1 aromatic rings. The van der Waals surface area contributed by atoms with Gasteiger partial charge < -0.3 is 5.32 Å². The summed E-state index contributed by atoms with van der Waals surface area (Å²) in [5.74, 6) is 0.298. The second kappa shape index (κ2) is 7.12. The highest BCUT2D eigenvalue weighted by Gasteiger charge is 2.13. The first kappa shape index (κ1) is 15.5. The lowest BCUT2D eigenvalue weighted by Crippen LogP contribution is -2.28. The third-order valence-electron chi connectivity index (χ3n) is 2.71. The zero-order chi connectivity index (χ0) is 13.6. The van der Waals surface area contributed by atoms with Crippen molar-refractivity contribution in [1.29, 1.82) is 0 Å². The van der Waals surface area contributed by atoms with Crippen LogP contribution in [0.1, 0.15) is 25.8 Å². The summed E-state index contributed by atoms with van der Waals surface area (Å²) in [6.07, 6.45) is 0.643. The van der Waals surface area contributed by atoms with Gasteiger partial charge in [-0.3, -0.25) is 0 Å². The summed E-state index contributed by atoms with van der Waals surface area (Å²) < 4.78 is 23.9. The molecule has 0 bridgehead atoms. The Morgan fingerprint density at radius 1 is 1.28 bits per heavy atom. The van der Waals surface area contributed by atoms with Gasteiger partial charge >= 0.3 is 0 Å². The molecule has 3 nitrogen and oxygen atoms in total. The van der Waals surface area contributed by atoms with Crippen molar-refractivity contribution >= 4 is 21.4 Å². The third-order valence-corrected chi connectivity index (χ3v) is 4.60. The van der Waals surface area contributed by atoms with Gasteiger partial charge in [-0.15, -0.1) is 0 Å². The molecule has 102 valence electrons. The van der Waals surface area contributed by atoms with E-state index in [1.165, 1.54) is 0 Å². The summed E-state index contributed by atoms with van der Waals surface area (Å²) in [6.45, 7) is 4.87. The number of rotatable bonds is 7. The minimum atomic E-state index is -3.04. The molecule has 0 fully saturated rings. The van der Waals surface area contributed by atoms with Crippen LogP contribution >= 0.6 is 11.6 Å². The molecule has 0 aliphatic rings. The molecule has 0 aliphatic heterocycles. The zero-order valence-electron chi connectivity index (χ0n) is 10.8. The molecule has 1 unspecified atom stereocenters. The molecule has 0 heterocycles. The highest BCUT2D eigenvalue weighted by molar-refractivity contribution is 7.90. The Labute approximate surface area is 114 Å². The Morgan fingerprint density at radius 3 is 2.44 bits per heavy atom. The van der Waals surface area contributed by atoms with Crippen LogP contribution in [0.3, 0.4) is 0 Å². The Bertz CT molecular complexity index is 456. The van der Waals surface area contributed by atoms with E-state index in [9.17, 15) is 8.42 Å². The molecule has 1 N–H and O–H groups in total. The first-order valence-corrected chi connectivity index (χ1v) is 8.31. The molecule has 0 aliphatic carbocycles. The summed E-state index contributed by atoms with van der Waals surface area (Å²) >= 11 is 5.76. The van der Waals surface area contributed by atoms with Crippen LogP contribution in [-0.2, 0) is 15.6 Å². The van der Waals surface area contributed by atoms with Gasteiger partial charge in [-0.1, -0.05) is 30.7 Å². The molecule has 0 amide bonds. The van der Waals surface area contributed by atoms with Crippen LogP contribution in [0.2, 0.25) is 5.02 Å². The fourth-order valence-electron chi connectivity index (χ4n) is 1.71. The smallest absolute Gasteiger partial charge is 0.154 e. The molecule has 5 heteroatoms. The van der Waals surface area contributed by atoms with Crippen molar-refractivity contribution in [1.82, 2.24) is 5.32 Å². The van der Waals surface area contributed by atoms with E-state index < -0.39 is 9.84 Å². The predicted molar refractivity (Wildman–Crippen MR) is 76.7 cm³/mol. The fourth-order valence-corrected chi connectivity index (χ4v) is 3.40. The summed E-state index contributed by atoms with van der Waals surface area (Å²) in [5.41, 5.74) is 0.788. The van der Waals surface area contributed by atoms with Crippen molar-refractivity contribution in [2.45, 2.75) is 32.1 Å². The largest absolute Gasteiger partial charge is 0.314 e. The van der Waals surface area contributed by atoms with E-state index >= 15 is 0 Å². The van der Waals surface area contributed by atoms with E-state index in [2.05, 4.69) is 5.32 Å². The van der Waals surface area contributed by atoms with Gasteiger partial charge in [0.15, 0.2) is 9.84 Å². The highest BCUT2D eigenvalue weighted by Crippen LogP contribution is 2.13. The maximum atomic E-state index is 11.9. The second-order valence-electron chi connectivity index (χ2n) is 4.47. The Kier molecular flexibility index (Phi) is 6.12. The molecule has 1 rings (SSSR count). The summed E-state index contributed by atoms with van der Waals surface area (Å²) in [5, 5.41) is 3.83. The van der Waals surface area contributed by atoms with Crippen LogP contribution in [0.25, 0.3) is 0 Å². The topological polar surface area (TPSA) is 46.2 Å². The van der Waals surface area contributed by atoms with Gasteiger partial charge in [0.25, 0.3) is 0 Å². The van der Waals surface area contributed by atoms with Gasteiger partial charge in [0, 0.05) is 11.1 Å². The molecule has 1 aromatic carbocycles. The Morgan fingerprint density at radius 2 is 1.89 bits per heavy atom. The van der Waals surface area contributed by atoms with E-state index in [1.54, 1.807) is 24.3 Å². The van der Waals surface area contributed by atoms with E-state index in [1.807, 2.05) is 13.8 Å². The molecular weight excluding hydrogens is 270 g/mol. The van der Waals surface area contributed by atoms with Crippen molar-refractivity contribution in [3.63, 3.8) is 0 Å². The molecule has 0 radical (unpaired) electrons. The van der Waals surface area contributed by atoms with Gasteiger partial charge in [0.2, 0.25) is 0 Å². The Hall–Kier alpha value is -0.580. The van der Waals surface area contributed by atoms with Crippen LogP contribution in [0.4, 0.5) is 0 Å². The minimum absolute atomic E-state index is 0.0863. The van der Waals surface area contributed by atoms with Crippen LogP contribution < -0.4 is 5.32 Å². The average molecular weight is 290 g/mol. The van der Waals surface area contributed by atoms with Crippen molar-refractivity contribution in [2.75, 3.05) is 12.3 Å². The van der Waals surface area contributed by atoms with Gasteiger partial charge in [-0.25, -0.2) is 8.42 Å². The molecule has 1 atom stereocenters. The molecule has 0 saturated heterocycles.